The molecule has 0 spiro atoms. The molecule has 3 N–H and O–H groups in total. The van der Waals surface area contributed by atoms with Gasteiger partial charge in [0.2, 0.25) is 0 Å². The Hall–Kier alpha value is -0.460. The molecule has 0 aliphatic carbocycles. The van der Waals surface area contributed by atoms with E-state index in [2.05, 4.69) is 19.1 Å². The summed E-state index contributed by atoms with van der Waals surface area (Å²) in [4.78, 5) is 0. The van der Waals surface area contributed by atoms with Crippen molar-refractivity contribution in [1.29, 1.82) is 0 Å². The van der Waals surface area contributed by atoms with E-state index in [-0.39, 0.29) is 13.2 Å². The fourth-order valence-corrected chi connectivity index (χ4v) is 3.62. The highest BCUT2D eigenvalue weighted by atomic mass is 16.6. The van der Waals surface area contributed by atoms with Gasteiger partial charge in [-0.25, -0.2) is 0 Å². The Morgan fingerprint density at radius 1 is 0.857 bits per heavy atom. The molecule has 0 saturated carbocycles. The molecule has 1 aliphatic rings. The first-order valence-corrected chi connectivity index (χ1v) is 11.6. The molecule has 1 heterocycles. The van der Waals surface area contributed by atoms with Gasteiger partial charge in [0.25, 0.3) is 0 Å². The molecule has 5 nitrogen and oxygen atoms in total. The highest BCUT2D eigenvalue weighted by molar-refractivity contribution is 4.87. The predicted octanol–water partition coefficient (Wildman–Crippen LogP) is 4.13. The summed E-state index contributed by atoms with van der Waals surface area (Å²) < 4.78 is 10.8. The minimum absolute atomic E-state index is 0.0975. The SMILES string of the molecule is CCCCCCC/C=C/CCCCCCCCO[C@H]1[C@H](O)[C@@H](CO)OC[C@@H]1O. The first-order chi connectivity index (χ1) is 13.7. The first kappa shape index (κ1) is 25.6. The Kier molecular flexibility index (Phi) is 15.9. The Labute approximate surface area is 172 Å². The van der Waals surface area contributed by atoms with Crippen LogP contribution in [-0.4, -0.2) is 59.6 Å². The fraction of sp³-hybridized carbons (Fsp3) is 0.913. The molecule has 1 fully saturated rings. The van der Waals surface area contributed by atoms with Crippen molar-refractivity contribution in [1.82, 2.24) is 0 Å². The van der Waals surface area contributed by atoms with Crippen molar-refractivity contribution in [3.63, 3.8) is 0 Å². The Morgan fingerprint density at radius 2 is 1.43 bits per heavy atom. The van der Waals surface area contributed by atoms with E-state index >= 15 is 0 Å². The van der Waals surface area contributed by atoms with Crippen LogP contribution >= 0.6 is 0 Å². The Morgan fingerprint density at radius 3 is 2.04 bits per heavy atom. The Balaban J connectivity index is 1.89. The molecule has 1 aliphatic heterocycles. The standard InChI is InChI=1S/C23H44O5/c1-2-3-4-5-6-7-8-9-10-11-12-13-14-15-16-17-27-23-20(25)19-28-21(18-24)22(23)26/h8-9,20-26H,2-7,10-19H2,1H3/b9-8+/t20-,21+,22+,23+/m0/s1. The number of allylic oxidation sites excluding steroid dienone is 2. The summed E-state index contributed by atoms with van der Waals surface area (Å²) in [7, 11) is 0. The number of rotatable bonds is 17. The molecule has 4 atom stereocenters. The molecule has 0 amide bonds. The maximum atomic E-state index is 10.0. The lowest BCUT2D eigenvalue weighted by atomic mass is 10.0. The number of aliphatic hydroxyl groups excluding tert-OH is 3. The minimum Gasteiger partial charge on any atom is -0.394 e. The monoisotopic (exact) mass is 400 g/mol. The number of unbranched alkanes of at least 4 members (excludes halogenated alkanes) is 11. The van der Waals surface area contributed by atoms with Crippen molar-refractivity contribution in [2.24, 2.45) is 0 Å². The van der Waals surface area contributed by atoms with Crippen LogP contribution in [-0.2, 0) is 9.47 Å². The third-order valence-corrected chi connectivity index (χ3v) is 5.47. The molecule has 166 valence electrons. The summed E-state index contributed by atoms with van der Waals surface area (Å²) in [5.74, 6) is 0. The minimum atomic E-state index is -0.974. The molecule has 1 saturated heterocycles. The molecular formula is C23H44O5. The molecular weight excluding hydrogens is 356 g/mol. The maximum absolute atomic E-state index is 10.0. The van der Waals surface area contributed by atoms with Crippen molar-refractivity contribution in [2.45, 2.75) is 115 Å². The van der Waals surface area contributed by atoms with Crippen LogP contribution in [0.4, 0.5) is 0 Å². The van der Waals surface area contributed by atoms with Crippen molar-refractivity contribution < 1.29 is 24.8 Å². The van der Waals surface area contributed by atoms with Crippen LogP contribution in [0, 0.1) is 0 Å². The van der Waals surface area contributed by atoms with Crippen LogP contribution in [0.1, 0.15) is 90.4 Å². The average Bonchev–Trinajstić information content (AvgIpc) is 2.70. The van der Waals surface area contributed by atoms with Gasteiger partial charge in [0, 0.05) is 6.61 Å². The zero-order chi connectivity index (χ0) is 20.5. The molecule has 0 bridgehead atoms. The van der Waals surface area contributed by atoms with E-state index in [0.717, 1.165) is 12.8 Å². The van der Waals surface area contributed by atoms with Gasteiger partial charge in [-0.05, 0) is 32.1 Å². The van der Waals surface area contributed by atoms with Gasteiger partial charge in [-0.15, -0.1) is 0 Å². The highest BCUT2D eigenvalue weighted by Crippen LogP contribution is 2.19. The quantitative estimate of drug-likeness (QED) is 0.253. The van der Waals surface area contributed by atoms with E-state index in [4.69, 9.17) is 14.6 Å². The summed E-state index contributed by atoms with van der Waals surface area (Å²) in [6.45, 7) is 2.62. The lowest BCUT2D eigenvalue weighted by Crippen LogP contribution is -2.55. The number of hydrogen-bond donors (Lipinski definition) is 3. The second-order valence-corrected chi connectivity index (χ2v) is 8.03. The van der Waals surface area contributed by atoms with Crippen LogP contribution in [0.15, 0.2) is 12.2 Å². The summed E-state index contributed by atoms with van der Waals surface area (Å²) in [6.07, 6.45) is 17.8. The van der Waals surface area contributed by atoms with Gasteiger partial charge in [0.1, 0.15) is 24.4 Å². The van der Waals surface area contributed by atoms with Gasteiger partial charge in [-0.3, -0.25) is 0 Å². The van der Waals surface area contributed by atoms with E-state index in [0.29, 0.717) is 6.61 Å². The second kappa shape index (κ2) is 17.4. The lowest BCUT2D eigenvalue weighted by molar-refractivity contribution is -0.210. The zero-order valence-corrected chi connectivity index (χ0v) is 17.9. The van der Waals surface area contributed by atoms with Crippen molar-refractivity contribution in [3.05, 3.63) is 12.2 Å². The molecule has 0 unspecified atom stereocenters. The smallest absolute Gasteiger partial charge is 0.114 e. The van der Waals surface area contributed by atoms with Crippen LogP contribution in [0.25, 0.3) is 0 Å². The molecule has 0 aromatic carbocycles. The topological polar surface area (TPSA) is 79.2 Å². The third-order valence-electron chi connectivity index (χ3n) is 5.47. The van der Waals surface area contributed by atoms with Crippen LogP contribution < -0.4 is 0 Å². The number of ether oxygens (including phenoxy) is 2. The normalized spacial score (nSPS) is 25.6. The largest absolute Gasteiger partial charge is 0.394 e. The van der Waals surface area contributed by atoms with Gasteiger partial charge in [0.15, 0.2) is 0 Å². The summed E-state index contributed by atoms with van der Waals surface area (Å²) >= 11 is 0. The molecule has 0 radical (unpaired) electrons. The second-order valence-electron chi connectivity index (χ2n) is 8.03. The van der Waals surface area contributed by atoms with E-state index in [1.165, 1.54) is 70.6 Å². The van der Waals surface area contributed by atoms with Crippen LogP contribution in [0.3, 0.4) is 0 Å². The molecule has 0 aromatic rings. The maximum Gasteiger partial charge on any atom is 0.114 e. The molecule has 1 rings (SSSR count). The third kappa shape index (κ3) is 11.5. The fourth-order valence-electron chi connectivity index (χ4n) is 3.62. The van der Waals surface area contributed by atoms with E-state index in [9.17, 15) is 10.2 Å². The molecule has 28 heavy (non-hydrogen) atoms. The van der Waals surface area contributed by atoms with Gasteiger partial charge < -0.3 is 24.8 Å². The summed E-state index contributed by atoms with van der Waals surface area (Å²) in [5, 5.41) is 29.1. The molecule has 0 aromatic heterocycles. The van der Waals surface area contributed by atoms with Crippen molar-refractivity contribution in [2.75, 3.05) is 19.8 Å². The zero-order valence-electron chi connectivity index (χ0n) is 17.9. The van der Waals surface area contributed by atoms with Crippen LogP contribution in [0.2, 0.25) is 0 Å². The first-order valence-electron chi connectivity index (χ1n) is 11.6. The van der Waals surface area contributed by atoms with Gasteiger partial charge in [-0.2, -0.15) is 0 Å². The van der Waals surface area contributed by atoms with E-state index in [1.54, 1.807) is 0 Å². The van der Waals surface area contributed by atoms with Gasteiger partial charge in [0.05, 0.1) is 13.2 Å². The number of aliphatic hydroxyl groups is 3. The highest BCUT2D eigenvalue weighted by Gasteiger charge is 2.38. The van der Waals surface area contributed by atoms with Crippen molar-refractivity contribution >= 4 is 0 Å². The van der Waals surface area contributed by atoms with Crippen LogP contribution in [0.5, 0.6) is 0 Å². The van der Waals surface area contributed by atoms with Crippen molar-refractivity contribution in [3.8, 4) is 0 Å². The molecule has 5 heteroatoms. The lowest BCUT2D eigenvalue weighted by Gasteiger charge is -2.37. The Bertz CT molecular complexity index is 374. The van der Waals surface area contributed by atoms with Gasteiger partial charge in [-0.1, -0.05) is 70.4 Å². The van der Waals surface area contributed by atoms with E-state index in [1.807, 2.05) is 0 Å². The van der Waals surface area contributed by atoms with Gasteiger partial charge >= 0.3 is 0 Å². The average molecular weight is 401 g/mol. The summed E-state index contributed by atoms with van der Waals surface area (Å²) in [6, 6.07) is 0. The predicted molar refractivity (Wildman–Crippen MR) is 113 cm³/mol. The van der Waals surface area contributed by atoms with E-state index < -0.39 is 24.4 Å². The summed E-state index contributed by atoms with van der Waals surface area (Å²) in [5.41, 5.74) is 0. The number of hydrogen-bond acceptors (Lipinski definition) is 5.